The van der Waals surface area contributed by atoms with Gasteiger partial charge in [-0.15, -0.1) is 0 Å². The molecule has 1 amide bonds. The summed E-state index contributed by atoms with van der Waals surface area (Å²) >= 11 is 6.38. The predicted octanol–water partition coefficient (Wildman–Crippen LogP) is 6.42. The highest BCUT2D eigenvalue weighted by molar-refractivity contribution is 7.90. The third-order valence-electron chi connectivity index (χ3n) is 12.1. The number of halogens is 1. The van der Waals surface area contributed by atoms with Crippen molar-refractivity contribution in [1.82, 2.24) is 9.62 Å². The third kappa shape index (κ3) is 7.78. The highest BCUT2D eigenvalue weighted by atomic mass is 35.5. The number of likely N-dealkylation sites (tertiary alicyclic amines) is 1. The van der Waals surface area contributed by atoms with Crippen molar-refractivity contribution in [2.45, 2.75) is 95.8 Å². The van der Waals surface area contributed by atoms with Crippen molar-refractivity contribution >= 4 is 33.2 Å². The lowest BCUT2D eigenvalue weighted by Gasteiger charge is -2.49. The van der Waals surface area contributed by atoms with Crippen molar-refractivity contribution in [3.63, 3.8) is 0 Å². The maximum atomic E-state index is 13.5. The lowest BCUT2D eigenvalue weighted by atomic mass is 9.65. The molecular weight excluding hydrogens is 662 g/mol. The van der Waals surface area contributed by atoms with Gasteiger partial charge in [-0.05, 0) is 131 Å². The fourth-order valence-electron chi connectivity index (χ4n) is 8.47. The molecule has 3 fully saturated rings. The van der Waals surface area contributed by atoms with Gasteiger partial charge < -0.3 is 19.1 Å². The van der Waals surface area contributed by atoms with Crippen LogP contribution in [0.1, 0.15) is 86.7 Å². The fraction of sp³-hybridized carbons (Fsp3) is 0.658. The van der Waals surface area contributed by atoms with Gasteiger partial charge in [0.25, 0.3) is 5.91 Å². The van der Waals surface area contributed by atoms with E-state index in [1.807, 2.05) is 37.3 Å². The largest absolute Gasteiger partial charge is 0.487 e. The van der Waals surface area contributed by atoms with Crippen LogP contribution in [0.5, 0.6) is 5.75 Å². The number of amides is 1. The Bertz CT molecular complexity index is 1590. The van der Waals surface area contributed by atoms with E-state index in [1.165, 1.54) is 12.0 Å². The van der Waals surface area contributed by atoms with E-state index >= 15 is 0 Å². The van der Waals surface area contributed by atoms with E-state index in [4.69, 9.17) is 25.8 Å². The predicted molar refractivity (Wildman–Crippen MR) is 192 cm³/mol. The van der Waals surface area contributed by atoms with E-state index < -0.39 is 21.2 Å². The Morgan fingerprint density at radius 1 is 0.857 bits per heavy atom. The molecule has 2 aromatic rings. The Morgan fingerprint density at radius 3 is 2.41 bits per heavy atom. The molecule has 5 atom stereocenters. The van der Waals surface area contributed by atoms with Crippen LogP contribution in [0.15, 0.2) is 36.4 Å². The number of ether oxygens (including phenoxy) is 3. The van der Waals surface area contributed by atoms with Crippen LogP contribution in [0.25, 0.3) is 0 Å². The van der Waals surface area contributed by atoms with Crippen molar-refractivity contribution in [2.75, 3.05) is 44.3 Å². The van der Waals surface area contributed by atoms with Gasteiger partial charge in [0, 0.05) is 29.6 Å². The van der Waals surface area contributed by atoms with Crippen LogP contribution in [-0.2, 0) is 32.5 Å². The van der Waals surface area contributed by atoms with Gasteiger partial charge >= 0.3 is 0 Å². The average Bonchev–Trinajstić information content (AvgIpc) is 3.08. The van der Waals surface area contributed by atoms with E-state index in [1.54, 1.807) is 13.0 Å². The number of carbonyl (C=O) groups excluding carboxylic acids is 1. The van der Waals surface area contributed by atoms with Crippen molar-refractivity contribution < 1.29 is 27.4 Å². The van der Waals surface area contributed by atoms with Crippen molar-refractivity contribution in [1.29, 1.82) is 0 Å². The molecule has 2 aromatic carbocycles. The maximum Gasteiger partial charge on any atom is 0.264 e. The first-order valence-electron chi connectivity index (χ1n) is 18.5. The number of anilines is 1. The molecule has 2 saturated heterocycles. The molecule has 0 aromatic heterocycles. The minimum atomic E-state index is -3.90. The zero-order valence-electron chi connectivity index (χ0n) is 28.9. The minimum Gasteiger partial charge on any atom is -0.487 e. The third-order valence-corrected chi connectivity index (χ3v) is 14.3. The molecule has 11 heteroatoms. The molecule has 5 aliphatic rings. The molecule has 7 rings (SSSR count). The number of nitrogens with one attached hydrogen (secondary N) is 1. The molecule has 49 heavy (non-hydrogen) atoms. The van der Waals surface area contributed by atoms with Crippen LogP contribution in [0, 0.1) is 23.7 Å². The molecule has 2 bridgehead atoms. The number of carbonyl (C=O) groups is 1. The van der Waals surface area contributed by atoms with Gasteiger partial charge in [0.1, 0.15) is 12.4 Å². The molecule has 1 saturated carbocycles. The fourth-order valence-corrected chi connectivity index (χ4v) is 9.97. The second-order valence-electron chi connectivity index (χ2n) is 15.1. The van der Waals surface area contributed by atoms with Crippen molar-refractivity contribution in [2.24, 2.45) is 23.7 Å². The second kappa shape index (κ2) is 15.1. The topological polar surface area (TPSA) is 97.4 Å². The molecule has 9 nitrogen and oxygen atoms in total. The summed E-state index contributed by atoms with van der Waals surface area (Å²) in [5, 5.41) is 0.00831. The van der Waals surface area contributed by atoms with E-state index in [2.05, 4.69) is 14.5 Å². The normalized spacial score (nSPS) is 32.9. The van der Waals surface area contributed by atoms with Gasteiger partial charge in [-0.1, -0.05) is 31.0 Å². The van der Waals surface area contributed by atoms with Gasteiger partial charge in [-0.2, -0.15) is 0 Å². The SMILES string of the molecule is C[C@@H]1[C@@H](C)CCC[C@@H]([C@H]2OC[C@H](N3CCC3)CO2)[C@@H]2CC[C@H]2CN2CCCCc3cc(Cl)ccc3COc3ccc(cc32)C(=O)NS1(=O)=O. The van der Waals surface area contributed by atoms with Crippen LogP contribution in [0.2, 0.25) is 5.02 Å². The number of hydrogen-bond acceptors (Lipinski definition) is 8. The molecule has 1 aliphatic carbocycles. The highest BCUT2D eigenvalue weighted by Gasteiger charge is 2.44. The van der Waals surface area contributed by atoms with Crippen LogP contribution >= 0.6 is 11.6 Å². The molecular formula is C38H52ClN3O6S. The van der Waals surface area contributed by atoms with Crippen LogP contribution in [0.4, 0.5) is 5.69 Å². The molecule has 4 heterocycles. The van der Waals surface area contributed by atoms with Gasteiger partial charge in [-0.25, -0.2) is 13.1 Å². The Balaban J connectivity index is 1.20. The highest BCUT2D eigenvalue weighted by Crippen LogP contribution is 2.46. The number of nitrogens with zero attached hydrogens (tertiary/aromatic N) is 2. The van der Waals surface area contributed by atoms with Gasteiger partial charge in [-0.3, -0.25) is 9.69 Å². The number of sulfonamides is 1. The van der Waals surface area contributed by atoms with E-state index in [9.17, 15) is 13.2 Å². The number of hydrogen-bond donors (Lipinski definition) is 1. The summed E-state index contributed by atoms with van der Waals surface area (Å²) in [5.41, 5.74) is 3.44. The summed E-state index contributed by atoms with van der Waals surface area (Å²) in [7, 11) is -3.90. The first kappa shape index (κ1) is 35.1. The quantitative estimate of drug-likeness (QED) is 0.381. The standard InChI is InChI=1S/C38H52ClN3O6S/c1-25-7-5-9-34(38-47-23-32(24-48-38)41-17-6-18-41)33-14-11-29(33)21-42-16-4-3-8-27-19-31(39)13-10-30(27)22-46-36-15-12-28(20-35(36)42)37(43)40-49(44,45)26(25)2/h10,12-13,15,19-20,25-26,29,32-34,38H,3-9,11,14,16-18,21-24H2,1-2H3,(H,40,43)/t25-,26+,29-,32-,33+,34+,38-/m0/s1. The van der Waals surface area contributed by atoms with Crippen LogP contribution in [0.3, 0.4) is 0 Å². The number of fused-ring (bicyclic) bond motifs is 3. The molecule has 4 aliphatic heterocycles. The Labute approximate surface area is 297 Å². The Morgan fingerprint density at radius 2 is 1.67 bits per heavy atom. The van der Waals surface area contributed by atoms with Gasteiger partial charge in [0.15, 0.2) is 6.29 Å². The summed E-state index contributed by atoms with van der Waals surface area (Å²) in [6, 6.07) is 11.6. The van der Waals surface area contributed by atoms with Gasteiger partial charge in [0.2, 0.25) is 10.0 Å². The molecule has 0 radical (unpaired) electrons. The molecule has 0 unspecified atom stereocenters. The van der Waals surface area contributed by atoms with E-state index in [0.717, 1.165) is 93.8 Å². The monoisotopic (exact) mass is 713 g/mol. The summed E-state index contributed by atoms with van der Waals surface area (Å²) in [5.74, 6) is 1.10. The zero-order valence-corrected chi connectivity index (χ0v) is 30.5. The molecule has 0 spiro atoms. The molecule has 1 N–H and O–H groups in total. The first-order chi connectivity index (χ1) is 23.7. The smallest absolute Gasteiger partial charge is 0.264 e. The average molecular weight is 714 g/mol. The molecule has 268 valence electrons. The second-order valence-corrected chi connectivity index (χ2v) is 17.6. The van der Waals surface area contributed by atoms with E-state index in [0.29, 0.717) is 49.0 Å². The summed E-state index contributed by atoms with van der Waals surface area (Å²) < 4.78 is 48.9. The summed E-state index contributed by atoms with van der Waals surface area (Å²) in [4.78, 5) is 18.4. The Hall–Kier alpha value is -2.37. The van der Waals surface area contributed by atoms with Crippen LogP contribution < -0.4 is 14.4 Å². The van der Waals surface area contributed by atoms with Gasteiger partial charge in [0.05, 0.1) is 30.2 Å². The van der Waals surface area contributed by atoms with E-state index in [-0.39, 0.29) is 18.1 Å². The Kier molecular flexibility index (Phi) is 10.8. The lowest BCUT2D eigenvalue weighted by molar-refractivity contribution is -0.246. The zero-order chi connectivity index (χ0) is 34.1. The lowest BCUT2D eigenvalue weighted by Crippen LogP contribution is -2.55. The summed E-state index contributed by atoms with van der Waals surface area (Å²) in [6.45, 7) is 9.35. The van der Waals surface area contributed by atoms with Crippen LogP contribution in [-0.4, -0.2) is 76.2 Å². The summed E-state index contributed by atoms with van der Waals surface area (Å²) in [6.07, 6.45) is 8.69. The number of rotatable bonds is 2. The van der Waals surface area contributed by atoms with Crippen molar-refractivity contribution in [3.8, 4) is 5.75 Å². The van der Waals surface area contributed by atoms with Crippen molar-refractivity contribution in [3.05, 3.63) is 58.1 Å². The minimum absolute atomic E-state index is 0.117. The maximum absolute atomic E-state index is 13.5. The first-order valence-corrected chi connectivity index (χ1v) is 20.4. The number of benzene rings is 2. The number of aryl methyl sites for hydroxylation is 1.